The van der Waals surface area contributed by atoms with Crippen LogP contribution in [0, 0.1) is 20.8 Å². The Bertz CT molecular complexity index is 1330. The van der Waals surface area contributed by atoms with Crippen molar-refractivity contribution in [2.45, 2.75) is 51.0 Å². The second kappa shape index (κ2) is 10.1. The summed E-state index contributed by atoms with van der Waals surface area (Å²) in [7, 11) is -2.32. The third-order valence-electron chi connectivity index (χ3n) is 6.52. The molecule has 3 aromatic carbocycles. The third-order valence-corrected chi connectivity index (χ3v) is 8.29. The molecule has 0 radical (unpaired) electrons. The Morgan fingerprint density at radius 2 is 1.71 bits per heavy atom. The number of hydrogen-bond acceptors (Lipinski definition) is 4. The summed E-state index contributed by atoms with van der Waals surface area (Å²) >= 11 is 0. The number of rotatable bonds is 7. The summed E-state index contributed by atoms with van der Waals surface area (Å²) in [4.78, 5) is 13.5. The second-order valence-corrected chi connectivity index (χ2v) is 11.1. The average molecular weight is 493 g/mol. The van der Waals surface area contributed by atoms with Crippen molar-refractivity contribution in [2.24, 2.45) is 0 Å². The smallest absolute Gasteiger partial charge is 0.264 e. The Kier molecular flexibility index (Phi) is 7.17. The summed E-state index contributed by atoms with van der Waals surface area (Å²) in [5.41, 5.74) is 5.50. The molecule has 0 saturated carbocycles. The highest BCUT2D eigenvalue weighted by Gasteiger charge is 2.30. The van der Waals surface area contributed by atoms with Gasteiger partial charge in [-0.15, -0.1) is 0 Å². The quantitative estimate of drug-likeness (QED) is 0.503. The number of hydrogen-bond donors (Lipinski definition) is 1. The molecule has 0 bridgehead atoms. The molecule has 1 unspecified atom stereocenters. The minimum Gasteiger partial charge on any atom is -0.497 e. The molecular weight excluding hydrogens is 460 g/mol. The number of fused-ring (bicyclic) bond motifs is 1. The van der Waals surface area contributed by atoms with Gasteiger partial charge in [-0.2, -0.15) is 0 Å². The van der Waals surface area contributed by atoms with E-state index in [9.17, 15) is 13.2 Å². The lowest BCUT2D eigenvalue weighted by molar-refractivity contribution is -0.120. The van der Waals surface area contributed by atoms with E-state index in [-0.39, 0.29) is 23.4 Å². The van der Waals surface area contributed by atoms with Crippen LogP contribution in [0.1, 0.15) is 46.7 Å². The molecule has 7 heteroatoms. The van der Waals surface area contributed by atoms with E-state index in [4.69, 9.17) is 4.74 Å². The molecule has 0 aliphatic heterocycles. The molecule has 0 spiro atoms. The van der Waals surface area contributed by atoms with E-state index in [1.165, 1.54) is 4.31 Å². The number of ether oxygens (including phenoxy) is 1. The number of carbonyl (C=O) groups excluding carboxylic acids is 1. The Morgan fingerprint density at radius 3 is 2.40 bits per heavy atom. The zero-order valence-corrected chi connectivity index (χ0v) is 21.5. The van der Waals surface area contributed by atoms with Crippen molar-refractivity contribution in [2.75, 3.05) is 18.0 Å². The lowest BCUT2D eigenvalue weighted by Crippen LogP contribution is -2.42. The number of anilines is 1. The van der Waals surface area contributed by atoms with Gasteiger partial charge in [0.15, 0.2) is 0 Å². The van der Waals surface area contributed by atoms with Crippen LogP contribution in [0.25, 0.3) is 0 Å². The molecule has 6 nitrogen and oxygen atoms in total. The molecule has 0 heterocycles. The van der Waals surface area contributed by atoms with Crippen LogP contribution in [-0.4, -0.2) is 28.0 Å². The number of methoxy groups -OCH3 is 1. The van der Waals surface area contributed by atoms with Gasteiger partial charge in [-0.25, -0.2) is 8.42 Å². The van der Waals surface area contributed by atoms with Gasteiger partial charge < -0.3 is 10.1 Å². The Labute approximate surface area is 208 Å². The van der Waals surface area contributed by atoms with Gasteiger partial charge in [-0.3, -0.25) is 9.10 Å². The van der Waals surface area contributed by atoms with E-state index < -0.39 is 10.0 Å². The first kappa shape index (κ1) is 24.8. The van der Waals surface area contributed by atoms with Gasteiger partial charge in [0.2, 0.25) is 5.91 Å². The predicted molar refractivity (Wildman–Crippen MR) is 138 cm³/mol. The molecule has 1 amide bonds. The van der Waals surface area contributed by atoms with Crippen LogP contribution in [0.3, 0.4) is 0 Å². The largest absolute Gasteiger partial charge is 0.497 e. The normalized spacial score (nSPS) is 15.3. The van der Waals surface area contributed by atoms with Crippen LogP contribution in [0.2, 0.25) is 0 Å². The van der Waals surface area contributed by atoms with Gasteiger partial charge in [0.1, 0.15) is 12.3 Å². The van der Waals surface area contributed by atoms with Crippen molar-refractivity contribution >= 4 is 21.6 Å². The first-order valence-corrected chi connectivity index (χ1v) is 13.3. The maximum Gasteiger partial charge on any atom is 0.264 e. The van der Waals surface area contributed by atoms with Gasteiger partial charge in [-0.05, 0) is 87.1 Å². The van der Waals surface area contributed by atoms with Crippen LogP contribution in [-0.2, 0) is 21.2 Å². The topological polar surface area (TPSA) is 75.7 Å². The van der Waals surface area contributed by atoms with Crippen molar-refractivity contribution in [1.82, 2.24) is 5.32 Å². The molecule has 35 heavy (non-hydrogen) atoms. The first-order valence-electron chi connectivity index (χ1n) is 11.8. The average Bonchev–Trinajstić information content (AvgIpc) is 2.83. The minimum absolute atomic E-state index is 0.158. The Hall–Kier alpha value is -3.32. The lowest BCUT2D eigenvalue weighted by Gasteiger charge is -2.29. The number of nitrogens with one attached hydrogen (secondary N) is 1. The summed E-state index contributed by atoms with van der Waals surface area (Å²) < 4.78 is 34.0. The minimum atomic E-state index is -3.96. The molecule has 1 aliphatic carbocycles. The van der Waals surface area contributed by atoms with E-state index in [1.807, 2.05) is 51.1 Å². The van der Waals surface area contributed by atoms with E-state index >= 15 is 0 Å². The number of benzene rings is 3. The van der Waals surface area contributed by atoms with Gasteiger partial charge >= 0.3 is 0 Å². The molecule has 0 saturated heterocycles. The lowest BCUT2D eigenvalue weighted by atomic mass is 9.87. The zero-order valence-electron chi connectivity index (χ0n) is 20.7. The number of carbonyl (C=O) groups is 1. The zero-order chi connectivity index (χ0) is 25.2. The van der Waals surface area contributed by atoms with Crippen molar-refractivity contribution in [3.05, 3.63) is 88.5 Å². The van der Waals surface area contributed by atoms with Crippen LogP contribution in [0.4, 0.5) is 5.69 Å². The molecule has 1 aliphatic rings. The fourth-order valence-electron chi connectivity index (χ4n) is 4.66. The van der Waals surface area contributed by atoms with Crippen LogP contribution < -0.4 is 14.4 Å². The molecule has 1 N–H and O–H groups in total. The third kappa shape index (κ3) is 5.35. The molecule has 0 fully saturated rings. The number of nitrogens with zero attached hydrogens (tertiary/aromatic N) is 1. The fraction of sp³-hybridized carbons (Fsp3) is 0.321. The second-order valence-electron chi connectivity index (χ2n) is 9.19. The molecule has 184 valence electrons. The first-order chi connectivity index (χ1) is 16.7. The van der Waals surface area contributed by atoms with Gasteiger partial charge in [-0.1, -0.05) is 41.5 Å². The van der Waals surface area contributed by atoms with Gasteiger partial charge in [0.05, 0.1) is 23.7 Å². The summed E-state index contributed by atoms with van der Waals surface area (Å²) in [5, 5.41) is 3.09. The fourth-order valence-corrected chi connectivity index (χ4v) is 6.15. The molecule has 1 atom stereocenters. The predicted octanol–water partition coefficient (Wildman–Crippen LogP) is 5.01. The molecule has 4 rings (SSSR count). The number of aryl methyl sites for hydroxylation is 4. The summed E-state index contributed by atoms with van der Waals surface area (Å²) in [6.07, 6.45) is 2.67. The standard InChI is InChI=1S/C28H32N2O4S/c1-19-8-12-24(13-9-19)35(32,33)30(27-15-10-20(2)16-21(27)3)18-28(31)29-26-7-5-6-22-17-23(34-4)11-14-25(22)26/h8-17,26H,5-7,18H2,1-4H3,(H,29,31). The SMILES string of the molecule is COc1ccc2c(c1)CCCC2NC(=O)CN(c1ccc(C)cc1C)S(=O)(=O)c1ccc(C)cc1. The molecular formula is C28H32N2O4S. The van der Waals surface area contributed by atoms with Crippen molar-refractivity contribution < 1.29 is 17.9 Å². The summed E-state index contributed by atoms with van der Waals surface area (Å²) in [5.74, 6) is 0.454. The van der Waals surface area contributed by atoms with Crippen molar-refractivity contribution in [3.8, 4) is 5.75 Å². The summed E-state index contributed by atoms with van der Waals surface area (Å²) in [6, 6.07) is 18.0. The van der Waals surface area contributed by atoms with Crippen molar-refractivity contribution in [1.29, 1.82) is 0 Å². The van der Waals surface area contributed by atoms with Gasteiger partial charge in [0, 0.05) is 0 Å². The number of sulfonamides is 1. The van der Waals surface area contributed by atoms with Crippen LogP contribution in [0.5, 0.6) is 5.75 Å². The van der Waals surface area contributed by atoms with E-state index in [0.29, 0.717) is 5.69 Å². The molecule has 0 aromatic heterocycles. The molecule has 3 aromatic rings. The van der Waals surface area contributed by atoms with E-state index in [2.05, 4.69) is 5.32 Å². The maximum absolute atomic E-state index is 13.7. The highest BCUT2D eigenvalue weighted by Crippen LogP contribution is 2.33. The van der Waals surface area contributed by atoms with Gasteiger partial charge in [0.25, 0.3) is 10.0 Å². The highest BCUT2D eigenvalue weighted by atomic mass is 32.2. The summed E-state index contributed by atoms with van der Waals surface area (Å²) in [6.45, 7) is 5.42. The van der Waals surface area contributed by atoms with E-state index in [0.717, 1.165) is 52.8 Å². The highest BCUT2D eigenvalue weighted by molar-refractivity contribution is 7.92. The Morgan fingerprint density at radius 1 is 1.00 bits per heavy atom. The number of amides is 1. The van der Waals surface area contributed by atoms with Crippen LogP contribution in [0.15, 0.2) is 65.6 Å². The van der Waals surface area contributed by atoms with E-state index in [1.54, 1.807) is 37.4 Å². The van der Waals surface area contributed by atoms with Crippen molar-refractivity contribution in [3.63, 3.8) is 0 Å². The Balaban J connectivity index is 1.64. The monoisotopic (exact) mass is 492 g/mol. The maximum atomic E-state index is 13.7. The van der Waals surface area contributed by atoms with Crippen LogP contribution >= 0.6 is 0 Å².